The second-order valence-electron chi connectivity index (χ2n) is 5.72. The van der Waals surface area contributed by atoms with Crippen molar-refractivity contribution in [3.05, 3.63) is 23.8 Å². The molecule has 0 spiro atoms. The molecule has 0 aliphatic carbocycles. The summed E-state index contributed by atoms with van der Waals surface area (Å²) >= 11 is 0. The average Bonchev–Trinajstić information content (AvgIpc) is 2.36. The predicted molar refractivity (Wildman–Crippen MR) is 76.2 cm³/mol. The number of aliphatic hydroxyl groups is 1. The standard InChI is InChI=1S/C14H20O5S/c1-14(2,9-15)10-4-5-12(18-3)13(6-10)19-11-7-20(16,17)8-11/h4-6,11,15H,7-9H2,1-3H3. The number of hydrogen-bond acceptors (Lipinski definition) is 5. The Hall–Kier alpha value is -1.27. The number of sulfone groups is 1. The van der Waals surface area contributed by atoms with Crippen LogP contribution < -0.4 is 9.47 Å². The molecule has 5 nitrogen and oxygen atoms in total. The lowest BCUT2D eigenvalue weighted by Crippen LogP contribution is -2.45. The third kappa shape index (κ3) is 3.07. The third-order valence-electron chi connectivity index (χ3n) is 3.51. The van der Waals surface area contributed by atoms with E-state index < -0.39 is 15.3 Å². The van der Waals surface area contributed by atoms with Crippen LogP contribution in [-0.4, -0.2) is 44.9 Å². The Labute approximate surface area is 119 Å². The molecular formula is C14H20O5S. The molecular weight excluding hydrogens is 280 g/mol. The van der Waals surface area contributed by atoms with Crippen LogP contribution in [0.25, 0.3) is 0 Å². The highest BCUT2D eigenvalue weighted by molar-refractivity contribution is 7.92. The summed E-state index contributed by atoms with van der Waals surface area (Å²) in [4.78, 5) is 0. The molecule has 0 unspecified atom stereocenters. The molecule has 1 aliphatic rings. The van der Waals surface area contributed by atoms with Gasteiger partial charge in [-0.2, -0.15) is 0 Å². The summed E-state index contributed by atoms with van der Waals surface area (Å²) in [5.41, 5.74) is 0.522. The molecule has 2 rings (SSSR count). The Kier molecular flexibility index (Phi) is 3.97. The molecule has 112 valence electrons. The number of hydrogen-bond donors (Lipinski definition) is 1. The number of methoxy groups -OCH3 is 1. The fourth-order valence-electron chi connectivity index (χ4n) is 2.05. The first kappa shape index (κ1) is 15.1. The molecule has 1 aliphatic heterocycles. The topological polar surface area (TPSA) is 72.8 Å². The lowest BCUT2D eigenvalue weighted by molar-refractivity contribution is 0.211. The van der Waals surface area contributed by atoms with E-state index in [-0.39, 0.29) is 24.2 Å². The second-order valence-corrected chi connectivity index (χ2v) is 7.88. The lowest BCUT2D eigenvalue weighted by Gasteiger charge is -2.29. The maximum atomic E-state index is 11.2. The quantitative estimate of drug-likeness (QED) is 0.883. The molecule has 1 saturated heterocycles. The van der Waals surface area contributed by atoms with E-state index in [0.29, 0.717) is 11.5 Å². The zero-order chi connectivity index (χ0) is 15.0. The van der Waals surface area contributed by atoms with Gasteiger partial charge in [-0.25, -0.2) is 8.42 Å². The number of aliphatic hydroxyl groups excluding tert-OH is 1. The molecule has 1 N–H and O–H groups in total. The highest BCUT2D eigenvalue weighted by atomic mass is 32.2. The van der Waals surface area contributed by atoms with Crippen molar-refractivity contribution in [2.75, 3.05) is 25.2 Å². The Bertz CT molecular complexity index is 580. The molecule has 0 saturated carbocycles. The number of benzene rings is 1. The number of ether oxygens (including phenoxy) is 2. The monoisotopic (exact) mass is 300 g/mol. The molecule has 20 heavy (non-hydrogen) atoms. The molecule has 0 aromatic heterocycles. The second kappa shape index (κ2) is 5.26. The maximum absolute atomic E-state index is 11.2. The molecule has 1 aromatic carbocycles. The van der Waals surface area contributed by atoms with Crippen molar-refractivity contribution < 1.29 is 23.0 Å². The molecule has 1 heterocycles. The molecule has 0 atom stereocenters. The van der Waals surface area contributed by atoms with Crippen LogP contribution in [0.2, 0.25) is 0 Å². The lowest BCUT2D eigenvalue weighted by atomic mass is 9.85. The van der Waals surface area contributed by atoms with Crippen LogP contribution in [0.4, 0.5) is 0 Å². The van der Waals surface area contributed by atoms with Gasteiger partial charge in [-0.15, -0.1) is 0 Å². The first-order valence-electron chi connectivity index (χ1n) is 6.44. The molecule has 0 bridgehead atoms. The van der Waals surface area contributed by atoms with Crippen molar-refractivity contribution in [2.24, 2.45) is 0 Å². The first-order valence-corrected chi connectivity index (χ1v) is 8.26. The molecule has 0 amide bonds. The minimum atomic E-state index is -2.92. The van der Waals surface area contributed by atoms with Gasteiger partial charge in [-0.1, -0.05) is 19.9 Å². The van der Waals surface area contributed by atoms with Gasteiger partial charge in [0.1, 0.15) is 6.10 Å². The maximum Gasteiger partial charge on any atom is 0.161 e. The minimum absolute atomic E-state index is 0.0105. The van der Waals surface area contributed by atoms with E-state index >= 15 is 0 Å². The van der Waals surface area contributed by atoms with Gasteiger partial charge < -0.3 is 14.6 Å². The summed E-state index contributed by atoms with van der Waals surface area (Å²) in [6.45, 7) is 3.86. The van der Waals surface area contributed by atoms with Gasteiger partial charge in [0.15, 0.2) is 21.3 Å². The van der Waals surface area contributed by atoms with Crippen LogP contribution in [0.3, 0.4) is 0 Å². The average molecular weight is 300 g/mol. The largest absolute Gasteiger partial charge is 0.493 e. The zero-order valence-electron chi connectivity index (χ0n) is 11.9. The van der Waals surface area contributed by atoms with Gasteiger partial charge in [0.2, 0.25) is 0 Å². The van der Waals surface area contributed by atoms with Crippen LogP contribution in [0.15, 0.2) is 18.2 Å². The van der Waals surface area contributed by atoms with Crippen molar-refractivity contribution >= 4 is 9.84 Å². The zero-order valence-corrected chi connectivity index (χ0v) is 12.7. The SMILES string of the molecule is COc1ccc(C(C)(C)CO)cc1OC1CS(=O)(=O)C1. The molecule has 6 heteroatoms. The highest BCUT2D eigenvalue weighted by Crippen LogP contribution is 2.34. The number of rotatable bonds is 5. The molecule has 1 fully saturated rings. The molecule has 0 radical (unpaired) electrons. The molecule has 1 aromatic rings. The Morgan fingerprint density at radius 2 is 1.95 bits per heavy atom. The van der Waals surface area contributed by atoms with E-state index in [9.17, 15) is 13.5 Å². The smallest absolute Gasteiger partial charge is 0.161 e. The van der Waals surface area contributed by atoms with E-state index in [0.717, 1.165) is 5.56 Å². The summed E-state index contributed by atoms with van der Waals surface area (Å²) in [6, 6.07) is 5.45. The third-order valence-corrected chi connectivity index (χ3v) is 5.27. The van der Waals surface area contributed by atoms with Crippen LogP contribution in [0, 0.1) is 0 Å². The Morgan fingerprint density at radius 3 is 2.45 bits per heavy atom. The van der Waals surface area contributed by atoms with Gasteiger partial charge in [0.25, 0.3) is 0 Å². The summed E-state index contributed by atoms with van der Waals surface area (Å²) in [5.74, 6) is 1.17. The van der Waals surface area contributed by atoms with Crippen molar-refractivity contribution in [1.82, 2.24) is 0 Å². The summed E-state index contributed by atoms with van der Waals surface area (Å²) < 4.78 is 33.3. The van der Waals surface area contributed by atoms with Crippen LogP contribution in [0.5, 0.6) is 11.5 Å². The van der Waals surface area contributed by atoms with Crippen molar-refractivity contribution in [3.63, 3.8) is 0 Å². The van der Waals surface area contributed by atoms with Crippen molar-refractivity contribution in [1.29, 1.82) is 0 Å². The normalized spacial score (nSPS) is 18.4. The minimum Gasteiger partial charge on any atom is -0.493 e. The van der Waals surface area contributed by atoms with Gasteiger partial charge in [0.05, 0.1) is 25.2 Å². The van der Waals surface area contributed by atoms with Crippen molar-refractivity contribution in [2.45, 2.75) is 25.4 Å². The fraction of sp³-hybridized carbons (Fsp3) is 0.571. The van der Waals surface area contributed by atoms with E-state index in [1.54, 1.807) is 12.1 Å². The Balaban J connectivity index is 2.24. The van der Waals surface area contributed by atoms with E-state index in [1.807, 2.05) is 19.9 Å². The Morgan fingerprint density at radius 1 is 1.30 bits per heavy atom. The highest BCUT2D eigenvalue weighted by Gasteiger charge is 2.36. The van der Waals surface area contributed by atoms with Crippen LogP contribution in [0.1, 0.15) is 19.4 Å². The van der Waals surface area contributed by atoms with Gasteiger partial charge in [-0.05, 0) is 17.7 Å². The first-order chi connectivity index (χ1) is 9.27. The van der Waals surface area contributed by atoms with Crippen molar-refractivity contribution in [3.8, 4) is 11.5 Å². The fourth-order valence-corrected chi connectivity index (χ4v) is 3.22. The predicted octanol–water partition coefficient (Wildman–Crippen LogP) is 1.14. The van der Waals surface area contributed by atoms with Crippen LogP contribution >= 0.6 is 0 Å². The summed E-state index contributed by atoms with van der Waals surface area (Å²) in [7, 11) is -1.38. The summed E-state index contributed by atoms with van der Waals surface area (Å²) in [5, 5.41) is 9.42. The van der Waals surface area contributed by atoms with Crippen LogP contribution in [-0.2, 0) is 15.3 Å². The van der Waals surface area contributed by atoms with E-state index in [1.165, 1.54) is 7.11 Å². The van der Waals surface area contributed by atoms with Gasteiger partial charge in [0, 0.05) is 5.41 Å². The van der Waals surface area contributed by atoms with E-state index in [2.05, 4.69) is 0 Å². The van der Waals surface area contributed by atoms with Gasteiger partial charge in [-0.3, -0.25) is 0 Å². The van der Waals surface area contributed by atoms with Gasteiger partial charge >= 0.3 is 0 Å². The van der Waals surface area contributed by atoms with E-state index in [4.69, 9.17) is 9.47 Å². The summed E-state index contributed by atoms with van der Waals surface area (Å²) in [6.07, 6.45) is -0.318.